The molecule has 1 aliphatic carbocycles. The van der Waals surface area contributed by atoms with Crippen LogP contribution in [0.5, 0.6) is 0 Å². The molecule has 0 amide bonds. The van der Waals surface area contributed by atoms with Crippen LogP contribution in [0.2, 0.25) is 0 Å². The summed E-state index contributed by atoms with van der Waals surface area (Å²) in [4.78, 5) is 19.9. The molecule has 2 aromatic heterocycles. The van der Waals surface area contributed by atoms with Gasteiger partial charge >= 0.3 is 5.69 Å². The Labute approximate surface area is 156 Å². The van der Waals surface area contributed by atoms with Gasteiger partial charge in [0.2, 0.25) is 11.5 Å². The van der Waals surface area contributed by atoms with E-state index in [0.29, 0.717) is 11.6 Å². The highest BCUT2D eigenvalue weighted by atomic mass is 19.1. The molecule has 10 heteroatoms. The molecular weight excluding hydrogens is 367 g/mol. The van der Waals surface area contributed by atoms with E-state index in [1.165, 1.54) is 18.2 Å². The Kier molecular flexibility index (Phi) is 3.57. The molecule has 0 bridgehead atoms. The molecule has 5 rings (SSSR count). The third kappa shape index (κ3) is 2.57. The molecule has 0 radical (unpaired) electrons. The minimum atomic E-state index is -0.541. The summed E-state index contributed by atoms with van der Waals surface area (Å²) in [7, 11) is 0. The highest BCUT2D eigenvalue weighted by molar-refractivity contribution is 5.97. The fourth-order valence-corrected chi connectivity index (χ4v) is 3.36. The summed E-state index contributed by atoms with van der Waals surface area (Å²) in [6, 6.07) is 7.48. The Bertz CT molecular complexity index is 1190. The van der Waals surface area contributed by atoms with Gasteiger partial charge < -0.3 is 4.98 Å². The van der Waals surface area contributed by atoms with E-state index < -0.39 is 4.92 Å². The van der Waals surface area contributed by atoms with Crippen molar-refractivity contribution in [1.82, 2.24) is 20.3 Å². The van der Waals surface area contributed by atoms with Crippen molar-refractivity contribution in [2.45, 2.75) is 18.8 Å². The van der Waals surface area contributed by atoms with E-state index in [2.05, 4.69) is 20.3 Å². The maximum absolute atomic E-state index is 13.9. The van der Waals surface area contributed by atoms with Crippen molar-refractivity contribution in [1.29, 1.82) is 0 Å². The number of nitro benzene ring substituents is 1. The number of aromatic amines is 1. The number of fused-ring (bicyclic) bond motifs is 1. The fourth-order valence-electron chi connectivity index (χ4n) is 3.36. The highest BCUT2D eigenvalue weighted by Crippen LogP contribution is 2.48. The Morgan fingerprint density at radius 3 is 2.68 bits per heavy atom. The second-order valence-electron chi connectivity index (χ2n) is 6.55. The summed E-state index contributed by atoms with van der Waals surface area (Å²) in [5, 5.41) is 18.9. The fraction of sp³-hybridized carbons (Fsp3) is 0.167. The number of anilines is 3. The first-order valence-electron chi connectivity index (χ1n) is 8.62. The SMILES string of the molecule is O=[N+]([O-])c1ccc(N(c2ncc[nH]2)c2ccc(F)cc2C2CC2)c2nonc12. The zero-order valence-corrected chi connectivity index (χ0v) is 14.4. The number of H-pyrrole nitrogens is 1. The largest absolute Gasteiger partial charge is 0.330 e. The van der Waals surface area contributed by atoms with Gasteiger partial charge in [0.25, 0.3) is 0 Å². The van der Waals surface area contributed by atoms with Crippen molar-refractivity contribution in [3.8, 4) is 0 Å². The molecule has 1 aliphatic rings. The first kappa shape index (κ1) is 16.4. The third-order valence-corrected chi connectivity index (χ3v) is 4.75. The van der Waals surface area contributed by atoms with Crippen LogP contribution < -0.4 is 4.90 Å². The van der Waals surface area contributed by atoms with Crippen LogP contribution in [0.1, 0.15) is 24.3 Å². The maximum Gasteiger partial charge on any atom is 0.300 e. The normalized spacial score (nSPS) is 13.8. The number of nitrogens with one attached hydrogen (secondary N) is 1. The molecule has 1 saturated carbocycles. The standard InChI is InChI=1S/C18H13FN6O3/c19-11-3-4-13(12(9-11)10-1-2-10)24(18-20-7-8-21-18)14-5-6-15(25(26)27)17-16(14)22-28-23-17/h3-10H,1-2H2,(H,20,21). The topological polar surface area (TPSA) is 114 Å². The quantitative estimate of drug-likeness (QED) is 0.404. The summed E-state index contributed by atoms with van der Waals surface area (Å²) >= 11 is 0. The average molecular weight is 380 g/mol. The number of non-ortho nitro benzene ring substituents is 1. The van der Waals surface area contributed by atoms with Crippen LogP contribution in [0.25, 0.3) is 11.0 Å². The monoisotopic (exact) mass is 380 g/mol. The second kappa shape index (κ2) is 6.12. The van der Waals surface area contributed by atoms with Gasteiger partial charge in [0, 0.05) is 18.5 Å². The second-order valence-corrected chi connectivity index (χ2v) is 6.55. The molecule has 0 aliphatic heterocycles. The molecule has 0 atom stereocenters. The van der Waals surface area contributed by atoms with Crippen LogP contribution in [0.15, 0.2) is 47.4 Å². The summed E-state index contributed by atoms with van der Waals surface area (Å²) in [5.74, 6) is 0.404. The van der Waals surface area contributed by atoms with Crippen LogP contribution in [0.4, 0.5) is 27.4 Å². The van der Waals surface area contributed by atoms with Gasteiger partial charge in [-0.15, -0.1) is 0 Å². The van der Waals surface area contributed by atoms with E-state index in [9.17, 15) is 14.5 Å². The van der Waals surface area contributed by atoms with E-state index in [1.807, 2.05) is 0 Å². The number of halogens is 1. The molecule has 0 unspecified atom stereocenters. The molecule has 2 aromatic carbocycles. The van der Waals surface area contributed by atoms with Gasteiger partial charge in [-0.2, -0.15) is 0 Å². The van der Waals surface area contributed by atoms with Gasteiger partial charge in [0.15, 0.2) is 5.52 Å². The molecular formula is C18H13FN6O3. The lowest BCUT2D eigenvalue weighted by molar-refractivity contribution is -0.383. The van der Waals surface area contributed by atoms with Gasteiger partial charge in [-0.3, -0.25) is 15.0 Å². The van der Waals surface area contributed by atoms with Crippen LogP contribution >= 0.6 is 0 Å². The van der Waals surface area contributed by atoms with Crippen molar-refractivity contribution in [3.05, 3.63) is 64.2 Å². The first-order chi connectivity index (χ1) is 13.6. The Morgan fingerprint density at radius 2 is 1.96 bits per heavy atom. The molecule has 0 saturated heterocycles. The predicted molar refractivity (Wildman–Crippen MR) is 97.2 cm³/mol. The number of imidazole rings is 1. The van der Waals surface area contributed by atoms with E-state index in [0.717, 1.165) is 24.1 Å². The Hall–Kier alpha value is -3.82. The van der Waals surface area contributed by atoms with Crippen LogP contribution in [-0.4, -0.2) is 25.2 Å². The minimum absolute atomic E-state index is 0.0362. The zero-order chi connectivity index (χ0) is 19.3. The highest BCUT2D eigenvalue weighted by Gasteiger charge is 2.31. The maximum atomic E-state index is 13.9. The van der Waals surface area contributed by atoms with Crippen LogP contribution in [0, 0.1) is 15.9 Å². The van der Waals surface area contributed by atoms with E-state index >= 15 is 0 Å². The zero-order valence-electron chi connectivity index (χ0n) is 14.4. The molecule has 28 heavy (non-hydrogen) atoms. The number of benzene rings is 2. The van der Waals surface area contributed by atoms with Crippen LogP contribution in [-0.2, 0) is 0 Å². The molecule has 2 heterocycles. The molecule has 4 aromatic rings. The molecule has 1 fully saturated rings. The lowest BCUT2D eigenvalue weighted by Crippen LogP contribution is -2.14. The lowest BCUT2D eigenvalue weighted by Gasteiger charge is -2.25. The smallest absolute Gasteiger partial charge is 0.300 e. The summed E-state index contributed by atoms with van der Waals surface area (Å²) < 4.78 is 18.7. The van der Waals surface area contributed by atoms with Gasteiger partial charge in [-0.25, -0.2) is 14.0 Å². The third-order valence-electron chi connectivity index (χ3n) is 4.75. The number of rotatable bonds is 5. The van der Waals surface area contributed by atoms with Crippen molar-refractivity contribution >= 4 is 34.0 Å². The van der Waals surface area contributed by atoms with E-state index in [-0.39, 0.29) is 28.5 Å². The van der Waals surface area contributed by atoms with Gasteiger partial charge in [-0.1, -0.05) is 0 Å². The predicted octanol–water partition coefficient (Wildman–Crippen LogP) is 4.34. The van der Waals surface area contributed by atoms with Gasteiger partial charge in [0.1, 0.15) is 5.82 Å². The number of hydrogen-bond acceptors (Lipinski definition) is 7. The van der Waals surface area contributed by atoms with Crippen molar-refractivity contribution in [3.63, 3.8) is 0 Å². The summed E-state index contributed by atoms with van der Waals surface area (Å²) in [6.45, 7) is 0. The number of aromatic nitrogens is 4. The molecule has 1 N–H and O–H groups in total. The van der Waals surface area contributed by atoms with Gasteiger partial charge in [-0.05, 0) is 58.9 Å². The Balaban J connectivity index is 1.77. The van der Waals surface area contributed by atoms with E-state index in [4.69, 9.17) is 4.63 Å². The minimum Gasteiger partial charge on any atom is -0.330 e. The Morgan fingerprint density at radius 1 is 1.18 bits per heavy atom. The van der Waals surface area contributed by atoms with E-state index in [1.54, 1.807) is 29.4 Å². The lowest BCUT2D eigenvalue weighted by atomic mass is 10.1. The molecule has 9 nitrogen and oxygen atoms in total. The summed E-state index contributed by atoms with van der Waals surface area (Å²) in [5.41, 5.74) is 2.10. The van der Waals surface area contributed by atoms with Crippen LogP contribution in [0.3, 0.4) is 0 Å². The molecule has 140 valence electrons. The summed E-state index contributed by atoms with van der Waals surface area (Å²) in [6.07, 6.45) is 5.20. The number of hydrogen-bond donors (Lipinski definition) is 1. The number of nitrogens with zero attached hydrogens (tertiary/aromatic N) is 5. The first-order valence-corrected chi connectivity index (χ1v) is 8.62. The van der Waals surface area contributed by atoms with Gasteiger partial charge in [0.05, 0.1) is 16.3 Å². The average Bonchev–Trinajstić information content (AvgIpc) is 3.16. The van der Waals surface area contributed by atoms with Crippen molar-refractivity contribution in [2.24, 2.45) is 0 Å². The van der Waals surface area contributed by atoms with Crippen molar-refractivity contribution in [2.75, 3.05) is 4.90 Å². The molecule has 0 spiro atoms. The number of nitro groups is 1. The van der Waals surface area contributed by atoms with Crippen molar-refractivity contribution < 1.29 is 13.9 Å².